The number of alkyl halides is 2. The lowest BCUT2D eigenvalue weighted by atomic mass is 10.3. The second kappa shape index (κ2) is 12.4. The van der Waals surface area contributed by atoms with E-state index in [9.17, 15) is 4.57 Å². The van der Waals surface area contributed by atoms with E-state index in [4.69, 9.17) is 20.3 Å². The van der Waals surface area contributed by atoms with Gasteiger partial charge in [0.15, 0.2) is 0 Å². The quantitative estimate of drug-likeness (QED) is 0.240. The van der Waals surface area contributed by atoms with Crippen LogP contribution in [0.25, 0.3) is 0 Å². The first kappa shape index (κ1) is 18.4. The Morgan fingerprint density at radius 2 is 1.24 bits per heavy atom. The average molecular weight is 415 g/mol. The van der Waals surface area contributed by atoms with Crippen LogP contribution in [0.1, 0.15) is 38.5 Å². The Balaban J connectivity index is 3.42. The van der Waals surface area contributed by atoms with Crippen molar-refractivity contribution >= 4 is 50.0 Å². The third kappa shape index (κ3) is 13.6. The van der Waals surface area contributed by atoms with Crippen LogP contribution < -0.4 is 0 Å². The molecule has 7 heteroatoms. The molecule has 0 saturated carbocycles. The van der Waals surface area contributed by atoms with Crippen molar-refractivity contribution in [3.8, 4) is 0 Å². The second-order valence-corrected chi connectivity index (χ2v) is 7.80. The van der Waals surface area contributed by atoms with Crippen molar-refractivity contribution in [3.63, 3.8) is 0 Å². The van der Waals surface area contributed by atoms with Crippen molar-refractivity contribution in [2.45, 2.75) is 38.5 Å². The number of hydrogen-bond donors (Lipinski definition) is 0. The maximum atomic E-state index is 11.6. The summed E-state index contributed by atoms with van der Waals surface area (Å²) in [6.45, 7) is -2.55. The van der Waals surface area contributed by atoms with Crippen molar-refractivity contribution in [1.29, 1.82) is 0 Å². The molecule has 0 saturated heterocycles. The SMILES string of the molecule is O=P(Cl)(OCCCCCBr)OCCCCCBr. The van der Waals surface area contributed by atoms with E-state index in [2.05, 4.69) is 31.9 Å². The highest BCUT2D eigenvalue weighted by Crippen LogP contribution is 2.53. The fourth-order valence-electron chi connectivity index (χ4n) is 1.13. The summed E-state index contributed by atoms with van der Waals surface area (Å²) in [4.78, 5) is 0. The maximum absolute atomic E-state index is 11.6. The molecule has 0 unspecified atom stereocenters. The van der Waals surface area contributed by atoms with Gasteiger partial charge in [-0.2, -0.15) is 0 Å². The number of unbranched alkanes of at least 4 members (excludes halogenated alkanes) is 4. The summed E-state index contributed by atoms with van der Waals surface area (Å²) < 4.78 is 21.7. The van der Waals surface area contributed by atoms with Crippen molar-refractivity contribution < 1.29 is 13.6 Å². The first-order valence-electron chi connectivity index (χ1n) is 5.83. The Kier molecular flexibility index (Phi) is 13.5. The standard InChI is InChI=1S/C10H20Br2ClO3P/c11-7-3-1-5-9-15-17(13,14)16-10-6-2-4-8-12/h1-10H2. The molecule has 0 bridgehead atoms. The summed E-state index contributed by atoms with van der Waals surface area (Å²) in [6, 6.07) is 0. The first-order valence-corrected chi connectivity index (χ1v) is 10.5. The molecule has 104 valence electrons. The van der Waals surface area contributed by atoms with Crippen LogP contribution in [0.3, 0.4) is 0 Å². The summed E-state index contributed by atoms with van der Waals surface area (Å²) in [6.07, 6.45) is 5.96. The molecule has 0 aromatic heterocycles. The average Bonchev–Trinajstić information content (AvgIpc) is 2.28. The molecule has 0 aromatic carbocycles. The minimum absolute atomic E-state index is 0.398. The van der Waals surface area contributed by atoms with Crippen molar-refractivity contribution in [1.82, 2.24) is 0 Å². The molecule has 0 rings (SSSR count). The van der Waals surface area contributed by atoms with E-state index >= 15 is 0 Å². The Morgan fingerprint density at radius 1 is 0.824 bits per heavy atom. The normalized spacial score (nSPS) is 11.9. The van der Waals surface area contributed by atoms with Crippen LogP contribution in [0.15, 0.2) is 0 Å². The molecule has 0 N–H and O–H groups in total. The molecular weight excluding hydrogens is 394 g/mol. The molecule has 0 aliphatic rings. The van der Waals surface area contributed by atoms with Crippen LogP contribution in [-0.4, -0.2) is 23.9 Å². The molecule has 0 heterocycles. The Labute approximate surface area is 126 Å². The molecule has 0 aromatic rings. The van der Waals surface area contributed by atoms with Crippen LogP contribution in [0.4, 0.5) is 0 Å². The van der Waals surface area contributed by atoms with E-state index in [0.29, 0.717) is 13.2 Å². The number of hydrogen-bond acceptors (Lipinski definition) is 3. The van der Waals surface area contributed by atoms with Gasteiger partial charge in [0.1, 0.15) is 0 Å². The van der Waals surface area contributed by atoms with Crippen LogP contribution in [0, 0.1) is 0 Å². The smallest absolute Gasteiger partial charge is 0.297 e. The predicted octanol–water partition coefficient (Wildman–Crippen LogP) is 5.50. The summed E-state index contributed by atoms with van der Waals surface area (Å²) in [7, 11) is 0. The zero-order valence-electron chi connectivity index (χ0n) is 9.88. The van der Waals surface area contributed by atoms with E-state index in [1.807, 2.05) is 0 Å². The van der Waals surface area contributed by atoms with Crippen molar-refractivity contribution in [2.75, 3.05) is 23.9 Å². The van der Waals surface area contributed by atoms with Gasteiger partial charge >= 0.3 is 6.95 Å². The summed E-state index contributed by atoms with van der Waals surface area (Å²) in [5.41, 5.74) is 0. The summed E-state index contributed by atoms with van der Waals surface area (Å²) in [5.74, 6) is 0. The Hall–Kier alpha value is 1.40. The fraction of sp³-hybridized carbons (Fsp3) is 1.00. The minimum Gasteiger partial charge on any atom is -0.297 e. The highest BCUT2D eigenvalue weighted by molar-refractivity contribution is 9.09. The largest absolute Gasteiger partial charge is 0.424 e. The molecule has 0 aliphatic heterocycles. The van der Waals surface area contributed by atoms with Gasteiger partial charge in [0.05, 0.1) is 13.2 Å². The molecule has 0 atom stereocenters. The van der Waals surface area contributed by atoms with Crippen LogP contribution in [0.5, 0.6) is 0 Å². The van der Waals surface area contributed by atoms with Gasteiger partial charge in [-0.1, -0.05) is 44.7 Å². The summed E-state index contributed by atoms with van der Waals surface area (Å²) >= 11 is 12.3. The van der Waals surface area contributed by atoms with E-state index in [1.165, 1.54) is 0 Å². The molecule has 17 heavy (non-hydrogen) atoms. The second-order valence-electron chi connectivity index (χ2n) is 3.60. The molecule has 0 aliphatic carbocycles. The molecular formula is C10H20Br2ClO3P. The highest BCUT2D eigenvalue weighted by Gasteiger charge is 2.19. The maximum Gasteiger partial charge on any atom is 0.424 e. The zero-order valence-corrected chi connectivity index (χ0v) is 14.7. The lowest BCUT2D eigenvalue weighted by Crippen LogP contribution is -1.96. The number of rotatable bonds is 12. The van der Waals surface area contributed by atoms with Gasteiger partial charge in [0.25, 0.3) is 0 Å². The molecule has 0 spiro atoms. The van der Waals surface area contributed by atoms with Gasteiger partial charge in [0, 0.05) is 21.9 Å². The van der Waals surface area contributed by atoms with E-state index in [-0.39, 0.29) is 0 Å². The molecule has 0 amide bonds. The van der Waals surface area contributed by atoms with Crippen LogP contribution >= 0.6 is 50.0 Å². The van der Waals surface area contributed by atoms with Crippen molar-refractivity contribution in [3.05, 3.63) is 0 Å². The summed E-state index contributed by atoms with van der Waals surface area (Å²) in [5, 5.41) is 1.96. The van der Waals surface area contributed by atoms with E-state index in [1.54, 1.807) is 0 Å². The first-order chi connectivity index (χ1) is 8.12. The molecule has 0 radical (unpaired) electrons. The van der Waals surface area contributed by atoms with Gasteiger partial charge in [-0.25, -0.2) is 4.57 Å². The Bertz CT molecular complexity index is 202. The topological polar surface area (TPSA) is 35.5 Å². The van der Waals surface area contributed by atoms with Crippen LogP contribution in [0.2, 0.25) is 0 Å². The van der Waals surface area contributed by atoms with Gasteiger partial charge in [-0.05, 0) is 25.7 Å². The lowest BCUT2D eigenvalue weighted by molar-refractivity contribution is 0.212. The van der Waals surface area contributed by atoms with Gasteiger partial charge in [0.2, 0.25) is 0 Å². The fourth-order valence-corrected chi connectivity index (χ4v) is 3.11. The van der Waals surface area contributed by atoms with E-state index in [0.717, 1.165) is 49.2 Å². The zero-order chi connectivity index (χ0) is 13.0. The number of halogens is 3. The van der Waals surface area contributed by atoms with E-state index < -0.39 is 6.95 Å². The van der Waals surface area contributed by atoms with Gasteiger partial charge < -0.3 is 0 Å². The third-order valence-corrected chi connectivity index (χ3v) is 4.74. The predicted molar refractivity (Wildman–Crippen MR) is 80.7 cm³/mol. The van der Waals surface area contributed by atoms with Crippen LogP contribution in [-0.2, 0) is 13.6 Å². The molecule has 3 nitrogen and oxygen atoms in total. The lowest BCUT2D eigenvalue weighted by Gasteiger charge is -2.11. The van der Waals surface area contributed by atoms with Gasteiger partial charge in [-0.15, -0.1) is 0 Å². The van der Waals surface area contributed by atoms with Gasteiger partial charge in [-0.3, -0.25) is 9.05 Å². The third-order valence-electron chi connectivity index (χ3n) is 2.05. The minimum atomic E-state index is -3.34. The highest BCUT2D eigenvalue weighted by atomic mass is 79.9. The molecule has 0 fully saturated rings. The van der Waals surface area contributed by atoms with Crippen molar-refractivity contribution in [2.24, 2.45) is 0 Å². The Morgan fingerprint density at radius 3 is 1.59 bits per heavy atom. The monoisotopic (exact) mass is 412 g/mol.